The molecule has 0 aliphatic rings. The molecule has 1 unspecified atom stereocenters. The number of nitrogens with zero attached hydrogens (tertiary/aromatic N) is 1. The van der Waals surface area contributed by atoms with Crippen molar-refractivity contribution in [3.63, 3.8) is 0 Å². The molecule has 5 nitrogen and oxygen atoms in total. The van der Waals surface area contributed by atoms with E-state index in [2.05, 4.69) is 5.32 Å². The van der Waals surface area contributed by atoms with Crippen LogP contribution in [0.1, 0.15) is 0 Å². The molecule has 2 N–H and O–H groups in total. The monoisotopic (exact) mass is 284 g/mol. The standard InChI is InChI=1S/C13H18ClN3O2/c1-16(2)13(19)9-17(3)8-12(18)15-11-7-5-4-6-10(11)14/h4-7H,8-9H2,1-3H3,(H,15,18)/p+1. The Balaban J connectivity index is 2.48. The normalized spacial score (nSPS) is 11.8. The Hall–Kier alpha value is -1.59. The molecule has 0 spiro atoms. The van der Waals surface area contributed by atoms with Crippen LogP contribution in [-0.4, -0.2) is 50.9 Å². The topological polar surface area (TPSA) is 53.9 Å². The van der Waals surface area contributed by atoms with Gasteiger partial charge in [-0.3, -0.25) is 9.59 Å². The summed E-state index contributed by atoms with van der Waals surface area (Å²) >= 11 is 5.95. The number of quaternary nitrogens is 1. The van der Waals surface area contributed by atoms with E-state index < -0.39 is 0 Å². The van der Waals surface area contributed by atoms with Crippen LogP contribution in [-0.2, 0) is 9.59 Å². The molecule has 0 aliphatic carbocycles. The van der Waals surface area contributed by atoms with E-state index in [1.165, 1.54) is 4.90 Å². The Kier molecular flexibility index (Phi) is 5.79. The highest BCUT2D eigenvalue weighted by molar-refractivity contribution is 6.33. The summed E-state index contributed by atoms with van der Waals surface area (Å²) in [4.78, 5) is 25.6. The molecule has 1 rings (SSSR count). The van der Waals surface area contributed by atoms with E-state index in [0.29, 0.717) is 10.7 Å². The molecule has 0 saturated heterocycles. The molecule has 0 fully saturated rings. The zero-order valence-corrected chi connectivity index (χ0v) is 12.1. The first kappa shape index (κ1) is 15.5. The van der Waals surface area contributed by atoms with Crippen molar-refractivity contribution in [2.24, 2.45) is 0 Å². The quantitative estimate of drug-likeness (QED) is 0.792. The third-order valence-electron chi connectivity index (χ3n) is 2.56. The van der Waals surface area contributed by atoms with E-state index in [4.69, 9.17) is 11.6 Å². The predicted molar refractivity (Wildman–Crippen MR) is 75.4 cm³/mol. The molecule has 0 saturated carbocycles. The number of hydrogen-bond acceptors (Lipinski definition) is 2. The fraction of sp³-hybridized carbons (Fsp3) is 0.385. The zero-order chi connectivity index (χ0) is 14.4. The van der Waals surface area contributed by atoms with Gasteiger partial charge in [0.25, 0.3) is 11.8 Å². The van der Waals surface area contributed by atoms with Gasteiger partial charge in [-0.1, -0.05) is 23.7 Å². The molecule has 1 aromatic rings. The zero-order valence-electron chi connectivity index (χ0n) is 11.4. The molecule has 1 atom stereocenters. The largest absolute Gasteiger partial charge is 0.344 e. The first-order valence-electron chi connectivity index (χ1n) is 5.96. The summed E-state index contributed by atoms with van der Waals surface area (Å²) in [5, 5.41) is 3.22. The molecular formula is C13H19ClN3O2+. The van der Waals surface area contributed by atoms with Gasteiger partial charge in [0.1, 0.15) is 0 Å². The van der Waals surface area contributed by atoms with E-state index in [1.54, 1.807) is 45.4 Å². The summed E-state index contributed by atoms with van der Waals surface area (Å²) in [6.45, 7) is 0.494. The first-order chi connectivity index (χ1) is 8.90. The number of hydrogen-bond donors (Lipinski definition) is 2. The molecule has 104 valence electrons. The van der Waals surface area contributed by atoms with Crippen LogP contribution in [0.25, 0.3) is 0 Å². The summed E-state index contributed by atoms with van der Waals surface area (Å²) in [5.74, 6) is -0.180. The number of rotatable bonds is 5. The molecule has 0 radical (unpaired) electrons. The van der Waals surface area contributed by atoms with Crippen LogP contribution in [0.15, 0.2) is 24.3 Å². The van der Waals surface area contributed by atoms with E-state index in [0.717, 1.165) is 4.90 Å². The van der Waals surface area contributed by atoms with Gasteiger partial charge < -0.3 is 15.1 Å². The maximum absolute atomic E-state index is 11.8. The molecular weight excluding hydrogens is 266 g/mol. The lowest BCUT2D eigenvalue weighted by molar-refractivity contribution is -0.862. The number of likely N-dealkylation sites (N-methyl/N-ethyl adjacent to an activating group) is 2. The maximum Gasteiger partial charge on any atom is 0.279 e. The van der Waals surface area contributed by atoms with E-state index in [9.17, 15) is 9.59 Å². The van der Waals surface area contributed by atoms with Crippen molar-refractivity contribution in [2.75, 3.05) is 39.5 Å². The fourth-order valence-electron chi connectivity index (χ4n) is 1.51. The van der Waals surface area contributed by atoms with Crippen molar-refractivity contribution < 1.29 is 14.5 Å². The Bertz CT molecular complexity index is 463. The lowest BCUT2D eigenvalue weighted by Gasteiger charge is -2.16. The summed E-state index contributed by atoms with van der Waals surface area (Å²) in [5.41, 5.74) is 0.584. The smallest absolute Gasteiger partial charge is 0.279 e. The number of carbonyl (C=O) groups excluding carboxylic acids is 2. The summed E-state index contributed by atoms with van der Waals surface area (Å²) in [6.07, 6.45) is 0. The van der Waals surface area contributed by atoms with Crippen molar-refractivity contribution in [3.05, 3.63) is 29.3 Å². The van der Waals surface area contributed by atoms with Gasteiger partial charge in [0.15, 0.2) is 13.1 Å². The predicted octanol–water partition coefficient (Wildman–Crippen LogP) is -0.119. The number of nitrogens with one attached hydrogen (secondary N) is 2. The summed E-state index contributed by atoms with van der Waals surface area (Å²) in [7, 11) is 5.19. The number of para-hydroxylation sites is 1. The van der Waals surface area contributed by atoms with Gasteiger partial charge in [-0.15, -0.1) is 0 Å². The average Bonchev–Trinajstić information content (AvgIpc) is 2.31. The second-order valence-electron chi connectivity index (χ2n) is 4.63. The second-order valence-corrected chi connectivity index (χ2v) is 5.03. The van der Waals surface area contributed by atoms with Gasteiger partial charge in [0.05, 0.1) is 17.8 Å². The van der Waals surface area contributed by atoms with Crippen molar-refractivity contribution in [1.29, 1.82) is 0 Å². The minimum atomic E-state index is -0.169. The van der Waals surface area contributed by atoms with Gasteiger partial charge >= 0.3 is 0 Å². The lowest BCUT2D eigenvalue weighted by Crippen LogP contribution is -3.11. The van der Waals surface area contributed by atoms with Gasteiger partial charge in [0, 0.05) is 14.1 Å². The van der Waals surface area contributed by atoms with Crippen LogP contribution in [0.5, 0.6) is 0 Å². The van der Waals surface area contributed by atoms with Gasteiger partial charge in [-0.2, -0.15) is 0 Å². The average molecular weight is 285 g/mol. The molecule has 1 aromatic carbocycles. The third-order valence-corrected chi connectivity index (χ3v) is 2.89. The molecule has 19 heavy (non-hydrogen) atoms. The Morgan fingerprint density at radius 1 is 1.26 bits per heavy atom. The molecule has 0 bridgehead atoms. The lowest BCUT2D eigenvalue weighted by atomic mass is 10.3. The second kappa shape index (κ2) is 7.11. The van der Waals surface area contributed by atoms with E-state index in [1.807, 2.05) is 0 Å². The Morgan fingerprint density at radius 3 is 2.47 bits per heavy atom. The molecule has 0 aliphatic heterocycles. The van der Waals surface area contributed by atoms with E-state index in [-0.39, 0.29) is 24.9 Å². The summed E-state index contributed by atoms with van der Waals surface area (Å²) < 4.78 is 0. The third kappa shape index (κ3) is 5.28. The van der Waals surface area contributed by atoms with Crippen LogP contribution in [0.2, 0.25) is 5.02 Å². The molecule has 6 heteroatoms. The van der Waals surface area contributed by atoms with E-state index >= 15 is 0 Å². The van der Waals surface area contributed by atoms with Gasteiger partial charge in [-0.05, 0) is 12.1 Å². The molecule has 2 amide bonds. The van der Waals surface area contributed by atoms with Crippen LogP contribution in [0.4, 0.5) is 5.69 Å². The highest BCUT2D eigenvalue weighted by atomic mass is 35.5. The number of benzene rings is 1. The summed E-state index contributed by atoms with van der Waals surface area (Å²) in [6, 6.07) is 7.04. The highest BCUT2D eigenvalue weighted by Gasteiger charge is 2.15. The van der Waals surface area contributed by atoms with Crippen molar-refractivity contribution in [2.45, 2.75) is 0 Å². The Morgan fingerprint density at radius 2 is 1.89 bits per heavy atom. The molecule has 0 heterocycles. The SMILES string of the molecule is CN(C)C(=O)C[NH+](C)CC(=O)Nc1ccccc1Cl. The first-order valence-corrected chi connectivity index (χ1v) is 6.33. The van der Waals surface area contributed by atoms with Gasteiger partial charge in [-0.25, -0.2) is 0 Å². The highest BCUT2D eigenvalue weighted by Crippen LogP contribution is 2.19. The van der Waals surface area contributed by atoms with Crippen molar-refractivity contribution in [3.8, 4) is 0 Å². The van der Waals surface area contributed by atoms with Crippen LogP contribution < -0.4 is 10.2 Å². The minimum absolute atomic E-state index is 0.0111. The fourth-order valence-corrected chi connectivity index (χ4v) is 1.69. The van der Waals surface area contributed by atoms with Crippen LogP contribution >= 0.6 is 11.6 Å². The number of amides is 2. The molecule has 0 aromatic heterocycles. The maximum atomic E-state index is 11.8. The minimum Gasteiger partial charge on any atom is -0.344 e. The number of anilines is 1. The number of carbonyl (C=O) groups is 2. The van der Waals surface area contributed by atoms with Crippen molar-refractivity contribution in [1.82, 2.24) is 4.90 Å². The van der Waals surface area contributed by atoms with Crippen molar-refractivity contribution >= 4 is 29.1 Å². The Labute approximate surface area is 118 Å². The van der Waals surface area contributed by atoms with Crippen LogP contribution in [0.3, 0.4) is 0 Å². The van der Waals surface area contributed by atoms with Gasteiger partial charge in [0.2, 0.25) is 0 Å². The van der Waals surface area contributed by atoms with Crippen LogP contribution in [0, 0.1) is 0 Å². The number of halogens is 1.